The number of amides is 4. The predicted molar refractivity (Wildman–Crippen MR) is 246 cm³/mol. The smallest absolute Gasteiger partial charge is 0.260 e. The number of benzene rings is 4. The molecule has 352 valence electrons. The third kappa shape index (κ3) is 7.07. The molecule has 20 heteroatoms. The first-order valence-electron chi connectivity index (χ1n) is 22.3. The molecule has 4 aromatic rings. The second kappa shape index (κ2) is 15.8. The fourth-order valence-corrected chi connectivity index (χ4v) is 20.1. The van der Waals surface area contributed by atoms with Gasteiger partial charge in [0.25, 0.3) is 23.6 Å². The number of carbonyl (C=O) groups is 4. The standard InChI is InChI=1S/2C24H22N2O6S2/c2*27-21(25-23-17(13-33(25,29)30)11-15-5-1-3-7-19(15)23)9-10-22(28)26-24-18(14-34(26,31)32)12-16-6-2-4-8-20(16)24/h2*1-10,17-18,23-24H,11-14H2/b2*10-9+/t2*17-,18-,23+,24+/m00/s1. The Bertz CT molecular complexity index is 2960. The van der Waals surface area contributed by atoms with Crippen LogP contribution in [0.15, 0.2) is 121 Å². The number of hydrogen-bond acceptors (Lipinski definition) is 12. The fourth-order valence-electron chi connectivity index (χ4n) is 12.3. The lowest BCUT2D eigenvalue weighted by Crippen LogP contribution is -2.35. The summed E-state index contributed by atoms with van der Waals surface area (Å²) in [6.45, 7) is 0. The van der Waals surface area contributed by atoms with E-state index in [-0.39, 0.29) is 46.7 Å². The molecule has 8 aliphatic rings. The third-order valence-corrected chi connectivity index (χ3v) is 22.1. The van der Waals surface area contributed by atoms with Gasteiger partial charge in [-0.15, -0.1) is 0 Å². The molecule has 12 rings (SSSR count). The van der Waals surface area contributed by atoms with Crippen LogP contribution in [0.1, 0.15) is 68.7 Å². The van der Waals surface area contributed by atoms with Gasteiger partial charge in [0.15, 0.2) is 0 Å². The van der Waals surface area contributed by atoms with Gasteiger partial charge in [0.1, 0.15) is 0 Å². The molecule has 4 aliphatic heterocycles. The van der Waals surface area contributed by atoms with Gasteiger partial charge in [-0.3, -0.25) is 19.2 Å². The zero-order valence-corrected chi connectivity index (χ0v) is 39.4. The van der Waals surface area contributed by atoms with Crippen LogP contribution in [0.3, 0.4) is 0 Å². The molecular weight excluding hydrogens is 953 g/mol. The van der Waals surface area contributed by atoms with Crippen molar-refractivity contribution in [1.29, 1.82) is 0 Å². The van der Waals surface area contributed by atoms with Crippen LogP contribution in [0, 0.1) is 23.7 Å². The van der Waals surface area contributed by atoms with Crippen LogP contribution in [0.25, 0.3) is 0 Å². The minimum absolute atomic E-state index is 0.138. The Kier molecular flexibility index (Phi) is 10.3. The van der Waals surface area contributed by atoms with Crippen LogP contribution in [0.5, 0.6) is 0 Å². The van der Waals surface area contributed by atoms with Crippen LogP contribution < -0.4 is 0 Å². The average Bonchev–Trinajstić information content (AvgIpc) is 4.15. The summed E-state index contributed by atoms with van der Waals surface area (Å²) in [6.07, 6.45) is 5.86. The van der Waals surface area contributed by atoms with Gasteiger partial charge in [0, 0.05) is 48.0 Å². The van der Waals surface area contributed by atoms with Gasteiger partial charge in [-0.25, -0.2) is 50.9 Å². The molecule has 0 aromatic heterocycles. The molecule has 16 nitrogen and oxygen atoms in total. The number of hydrogen-bond donors (Lipinski definition) is 0. The van der Waals surface area contributed by atoms with Crippen molar-refractivity contribution in [2.45, 2.75) is 49.9 Å². The van der Waals surface area contributed by atoms with Gasteiger partial charge in [-0.1, -0.05) is 97.1 Å². The minimum atomic E-state index is -3.84. The molecule has 8 atom stereocenters. The minimum Gasteiger partial charge on any atom is -0.269 e. The first-order valence-corrected chi connectivity index (χ1v) is 28.7. The molecule has 0 saturated carbocycles. The maximum Gasteiger partial charge on any atom is 0.260 e. The van der Waals surface area contributed by atoms with E-state index in [1.165, 1.54) is 0 Å². The van der Waals surface area contributed by atoms with Crippen molar-refractivity contribution in [3.8, 4) is 0 Å². The Hall–Kier alpha value is -5.96. The Morgan fingerprint density at radius 3 is 0.735 bits per heavy atom. The summed E-state index contributed by atoms with van der Waals surface area (Å²) in [5.74, 6) is -4.82. The van der Waals surface area contributed by atoms with Crippen molar-refractivity contribution in [2.75, 3.05) is 23.0 Å². The summed E-state index contributed by atoms with van der Waals surface area (Å²) in [4.78, 5) is 52.2. The van der Waals surface area contributed by atoms with Crippen LogP contribution in [-0.2, 0) is 85.0 Å². The molecule has 4 heterocycles. The highest BCUT2D eigenvalue weighted by atomic mass is 32.2. The molecule has 0 spiro atoms. The van der Waals surface area contributed by atoms with E-state index in [9.17, 15) is 52.8 Å². The summed E-state index contributed by atoms with van der Waals surface area (Å²) in [5.41, 5.74) is 7.25. The Balaban J connectivity index is 0.000000149. The fraction of sp³-hybridized carbons (Fsp3) is 0.333. The second-order valence-electron chi connectivity index (χ2n) is 18.7. The molecule has 68 heavy (non-hydrogen) atoms. The van der Waals surface area contributed by atoms with Crippen LogP contribution in [-0.4, -0.2) is 97.5 Å². The van der Waals surface area contributed by atoms with Crippen LogP contribution >= 0.6 is 0 Å². The SMILES string of the molecule is O=C(/C=C/C(=O)N1[C@H]2c3ccccc3C[C@H]2CS1(=O)=O)N1[C@H]2c3ccccc3C[C@H]2CS1(=O)=O.O=C(/C=C/C(=O)N1[C@H]2c3ccccc3C[C@H]2CS1(=O)=O)N1[C@H]2c3ccccc3C[C@H]2CS1(=O)=O. The summed E-state index contributed by atoms with van der Waals surface area (Å²) >= 11 is 0. The molecule has 4 saturated heterocycles. The van der Waals surface area contributed by atoms with Crippen LogP contribution in [0.2, 0.25) is 0 Å². The zero-order chi connectivity index (χ0) is 47.7. The lowest BCUT2D eigenvalue weighted by molar-refractivity contribution is -0.125. The normalized spacial score (nSPS) is 29.6. The Morgan fingerprint density at radius 2 is 0.529 bits per heavy atom. The van der Waals surface area contributed by atoms with Gasteiger partial charge in [-0.2, -0.15) is 0 Å². The molecule has 0 N–H and O–H groups in total. The number of sulfonamides is 4. The molecule has 4 aromatic carbocycles. The number of carbonyl (C=O) groups excluding carboxylic acids is 4. The molecule has 4 fully saturated rings. The Labute approximate surface area is 394 Å². The highest BCUT2D eigenvalue weighted by molar-refractivity contribution is 7.90. The number of nitrogens with zero attached hydrogens (tertiary/aromatic N) is 4. The van der Waals surface area contributed by atoms with E-state index in [4.69, 9.17) is 0 Å². The maximum atomic E-state index is 13.1. The first kappa shape index (κ1) is 44.5. The largest absolute Gasteiger partial charge is 0.269 e. The summed E-state index contributed by atoms with van der Waals surface area (Å²) in [7, 11) is -15.4. The lowest BCUT2D eigenvalue weighted by Gasteiger charge is -2.23. The molecular formula is C48H44N4O12S4. The van der Waals surface area contributed by atoms with Crippen molar-refractivity contribution >= 4 is 63.7 Å². The third-order valence-electron chi connectivity index (χ3n) is 14.7. The van der Waals surface area contributed by atoms with E-state index in [0.29, 0.717) is 25.7 Å². The van der Waals surface area contributed by atoms with E-state index in [2.05, 4.69) is 0 Å². The van der Waals surface area contributed by atoms with Crippen molar-refractivity contribution in [2.24, 2.45) is 23.7 Å². The van der Waals surface area contributed by atoms with Crippen LogP contribution in [0.4, 0.5) is 0 Å². The molecule has 4 amide bonds. The van der Waals surface area contributed by atoms with Gasteiger partial charge >= 0.3 is 0 Å². The zero-order valence-electron chi connectivity index (χ0n) is 36.1. The first-order chi connectivity index (χ1) is 32.3. The quantitative estimate of drug-likeness (QED) is 0.269. The average molecular weight is 997 g/mol. The van der Waals surface area contributed by atoms with Gasteiger partial charge in [-0.05, 0) is 70.2 Å². The van der Waals surface area contributed by atoms with E-state index >= 15 is 0 Å². The summed E-state index contributed by atoms with van der Waals surface area (Å²) < 4.78 is 106. The second-order valence-corrected chi connectivity index (χ2v) is 26.3. The van der Waals surface area contributed by atoms with Gasteiger partial charge in [0.05, 0.1) is 47.2 Å². The molecule has 4 aliphatic carbocycles. The van der Waals surface area contributed by atoms with E-state index in [0.717, 1.165) is 86.0 Å². The summed E-state index contributed by atoms with van der Waals surface area (Å²) in [6, 6.07) is 27.3. The van der Waals surface area contributed by atoms with Gasteiger partial charge in [0.2, 0.25) is 40.1 Å². The molecule has 0 radical (unpaired) electrons. The van der Waals surface area contributed by atoms with E-state index in [1.54, 1.807) is 0 Å². The maximum absolute atomic E-state index is 13.1. The molecule has 0 bridgehead atoms. The number of rotatable bonds is 4. The highest BCUT2D eigenvalue weighted by Gasteiger charge is 2.55. The van der Waals surface area contributed by atoms with E-state index < -0.39 is 87.9 Å². The molecule has 0 unspecified atom stereocenters. The van der Waals surface area contributed by atoms with Gasteiger partial charge < -0.3 is 0 Å². The summed E-state index contributed by atoms with van der Waals surface area (Å²) in [5, 5.41) is 0. The van der Waals surface area contributed by atoms with Crippen molar-refractivity contribution < 1.29 is 52.8 Å². The van der Waals surface area contributed by atoms with Crippen molar-refractivity contribution in [1.82, 2.24) is 17.2 Å². The number of fused-ring (bicyclic) bond motifs is 12. The Morgan fingerprint density at radius 1 is 0.338 bits per heavy atom. The topological polar surface area (TPSA) is 218 Å². The highest BCUT2D eigenvalue weighted by Crippen LogP contribution is 2.51. The van der Waals surface area contributed by atoms with Crippen molar-refractivity contribution in [3.05, 3.63) is 166 Å². The monoisotopic (exact) mass is 996 g/mol. The predicted octanol–water partition coefficient (Wildman–Crippen LogP) is 3.43. The van der Waals surface area contributed by atoms with Crippen molar-refractivity contribution in [3.63, 3.8) is 0 Å². The lowest BCUT2D eigenvalue weighted by atomic mass is 10.0. The van der Waals surface area contributed by atoms with E-state index in [1.807, 2.05) is 97.1 Å².